The van der Waals surface area contributed by atoms with E-state index in [1.165, 1.54) is 0 Å². The van der Waals surface area contributed by atoms with Crippen LogP contribution in [0.3, 0.4) is 0 Å². The van der Waals surface area contributed by atoms with Crippen LogP contribution in [-0.4, -0.2) is 17.6 Å². The van der Waals surface area contributed by atoms with Crippen LogP contribution in [-0.2, 0) is 4.79 Å². The average Bonchev–Trinajstić information content (AvgIpc) is 3.47. The third-order valence-corrected chi connectivity index (χ3v) is 4.87. The lowest BCUT2D eigenvalue weighted by atomic mass is 10.0. The molecule has 2 heterocycles. The van der Waals surface area contributed by atoms with E-state index in [1.54, 1.807) is 7.11 Å². The summed E-state index contributed by atoms with van der Waals surface area (Å²) in [5.41, 5.74) is 14.3. The molecule has 1 aromatic heterocycles. The third kappa shape index (κ3) is 4.47. The Morgan fingerprint density at radius 2 is 1.79 bits per heavy atom. The fourth-order valence-corrected chi connectivity index (χ4v) is 3.46. The number of ether oxygens (including phenoxy) is 1. The van der Waals surface area contributed by atoms with E-state index < -0.39 is 0 Å². The number of amides is 1. The lowest BCUT2D eigenvalue weighted by Crippen LogP contribution is -2.33. The number of hydrogen-bond donors (Lipinski definition) is 5. The second-order valence-electron chi connectivity index (χ2n) is 6.74. The fourth-order valence-electron chi connectivity index (χ4n) is 3.46. The molecule has 5 N–H and O–H groups in total. The van der Waals surface area contributed by atoms with E-state index in [-0.39, 0.29) is 18.1 Å². The van der Waals surface area contributed by atoms with Gasteiger partial charge in [-0.1, -0.05) is 30.3 Å². The Balaban J connectivity index is 1.52. The number of anilines is 1. The van der Waals surface area contributed by atoms with Gasteiger partial charge in [-0.25, -0.2) is 10.9 Å². The number of methoxy groups -OCH3 is 1. The number of benzene rings is 2. The van der Waals surface area contributed by atoms with Crippen LogP contribution in [0.15, 0.2) is 73.1 Å². The van der Waals surface area contributed by atoms with Crippen molar-refractivity contribution in [3.8, 4) is 5.75 Å². The Bertz CT molecular complexity index is 939. The van der Waals surface area contributed by atoms with Crippen molar-refractivity contribution >= 4 is 11.6 Å². The highest BCUT2D eigenvalue weighted by atomic mass is 16.5. The average molecular weight is 392 g/mol. The molecule has 1 amide bonds. The summed E-state index contributed by atoms with van der Waals surface area (Å²) in [6.07, 6.45) is 4.09. The largest absolute Gasteiger partial charge is 0.496 e. The van der Waals surface area contributed by atoms with Gasteiger partial charge in [-0.15, -0.1) is 0 Å². The molecule has 0 radical (unpaired) electrons. The van der Waals surface area contributed by atoms with Gasteiger partial charge in [0.25, 0.3) is 0 Å². The van der Waals surface area contributed by atoms with Crippen molar-refractivity contribution in [2.24, 2.45) is 0 Å². The van der Waals surface area contributed by atoms with Crippen molar-refractivity contribution in [1.82, 2.24) is 26.5 Å². The zero-order valence-corrected chi connectivity index (χ0v) is 16.1. The van der Waals surface area contributed by atoms with E-state index in [1.807, 2.05) is 73.1 Å². The van der Waals surface area contributed by atoms with Crippen LogP contribution in [0.2, 0.25) is 0 Å². The van der Waals surface area contributed by atoms with E-state index in [4.69, 9.17) is 4.74 Å². The summed E-state index contributed by atoms with van der Waals surface area (Å²) < 4.78 is 7.49. The van der Waals surface area contributed by atoms with Crippen LogP contribution in [0.5, 0.6) is 5.75 Å². The second kappa shape index (κ2) is 8.89. The monoisotopic (exact) mass is 392 g/mol. The number of hydrogen-bond acceptors (Lipinski definition) is 6. The Morgan fingerprint density at radius 1 is 1.07 bits per heavy atom. The molecule has 0 saturated carbocycles. The lowest BCUT2D eigenvalue weighted by molar-refractivity contribution is -0.116. The molecule has 1 fully saturated rings. The van der Waals surface area contributed by atoms with Crippen molar-refractivity contribution < 1.29 is 9.53 Å². The first-order chi connectivity index (χ1) is 14.2. The molecule has 2 aromatic carbocycles. The molecule has 29 heavy (non-hydrogen) atoms. The molecular weight excluding hydrogens is 368 g/mol. The van der Waals surface area contributed by atoms with Crippen molar-refractivity contribution in [2.75, 3.05) is 12.4 Å². The smallest absolute Gasteiger partial charge is 0.226 e. The van der Waals surface area contributed by atoms with Crippen molar-refractivity contribution in [1.29, 1.82) is 0 Å². The Morgan fingerprint density at radius 3 is 2.48 bits per heavy atom. The van der Waals surface area contributed by atoms with Gasteiger partial charge in [-0.2, -0.15) is 11.1 Å². The number of aromatic nitrogens is 1. The molecule has 3 aromatic rings. The highest BCUT2D eigenvalue weighted by molar-refractivity contribution is 5.91. The maximum atomic E-state index is 12.9. The maximum Gasteiger partial charge on any atom is 0.226 e. The van der Waals surface area contributed by atoms with Crippen molar-refractivity contribution in [2.45, 2.75) is 18.6 Å². The van der Waals surface area contributed by atoms with E-state index >= 15 is 0 Å². The van der Waals surface area contributed by atoms with Crippen LogP contribution in [0.1, 0.15) is 29.8 Å². The summed E-state index contributed by atoms with van der Waals surface area (Å²) in [7, 11) is 1.62. The van der Waals surface area contributed by atoms with Gasteiger partial charge in [0.15, 0.2) is 0 Å². The zero-order chi connectivity index (χ0) is 20.1. The number of carbonyl (C=O) groups is 1. The van der Waals surface area contributed by atoms with Gasteiger partial charge >= 0.3 is 0 Å². The minimum Gasteiger partial charge on any atom is -0.496 e. The van der Waals surface area contributed by atoms with Gasteiger partial charge in [0.2, 0.25) is 5.91 Å². The molecule has 1 aliphatic rings. The quantitative estimate of drug-likeness (QED) is 0.424. The predicted molar refractivity (Wildman–Crippen MR) is 111 cm³/mol. The molecule has 0 aliphatic carbocycles. The lowest BCUT2D eigenvalue weighted by Gasteiger charge is -2.20. The first-order valence-electron chi connectivity index (χ1n) is 9.41. The highest BCUT2D eigenvalue weighted by Gasteiger charge is 2.21. The standard InChI is InChI=1S/C21H24N6O2/c1-29-19-10-9-16(13-17(19)21-23-25-26-24-21)22-20(28)14-18(27-11-5-6-12-27)15-7-3-2-4-8-15/h2-13,18,21,23-26H,14H2,1H3,(H,22,28). The topological polar surface area (TPSA) is 91.4 Å². The summed E-state index contributed by atoms with van der Waals surface area (Å²) in [6, 6.07) is 19.5. The van der Waals surface area contributed by atoms with Crippen LogP contribution in [0, 0.1) is 0 Å². The molecule has 0 bridgehead atoms. The summed E-state index contributed by atoms with van der Waals surface area (Å²) in [5, 5.41) is 3.02. The molecule has 1 aliphatic heterocycles. The van der Waals surface area contributed by atoms with Gasteiger partial charge < -0.3 is 14.6 Å². The summed E-state index contributed by atoms with van der Waals surface area (Å²) in [6.45, 7) is 0. The van der Waals surface area contributed by atoms with E-state index in [0.29, 0.717) is 17.9 Å². The summed E-state index contributed by atoms with van der Waals surface area (Å²) >= 11 is 0. The number of hydrazine groups is 3. The normalized spacial score (nSPS) is 15.2. The molecule has 8 heteroatoms. The van der Waals surface area contributed by atoms with Crippen LogP contribution in [0.25, 0.3) is 0 Å². The minimum absolute atomic E-state index is 0.0627. The van der Waals surface area contributed by atoms with Crippen LogP contribution < -0.4 is 32.0 Å². The Labute approximate surface area is 169 Å². The van der Waals surface area contributed by atoms with Gasteiger partial charge in [-0.3, -0.25) is 4.79 Å². The number of nitrogens with zero attached hydrogens (tertiary/aromatic N) is 1. The first-order valence-corrected chi connectivity index (χ1v) is 9.41. The fraction of sp³-hybridized carbons (Fsp3) is 0.190. The second-order valence-corrected chi connectivity index (χ2v) is 6.74. The summed E-state index contributed by atoms with van der Waals surface area (Å²) in [4.78, 5) is 12.9. The third-order valence-electron chi connectivity index (χ3n) is 4.87. The van der Waals surface area contributed by atoms with Crippen molar-refractivity contribution in [3.63, 3.8) is 0 Å². The molecule has 0 spiro atoms. The van der Waals surface area contributed by atoms with Gasteiger partial charge in [0.05, 0.1) is 19.6 Å². The van der Waals surface area contributed by atoms with Gasteiger partial charge in [-0.05, 0) is 35.9 Å². The Kier molecular flexibility index (Phi) is 5.87. The van der Waals surface area contributed by atoms with Crippen LogP contribution >= 0.6 is 0 Å². The number of nitrogens with one attached hydrogen (secondary N) is 5. The van der Waals surface area contributed by atoms with Crippen molar-refractivity contribution in [3.05, 3.63) is 84.2 Å². The number of carbonyl (C=O) groups excluding carboxylic acids is 1. The van der Waals surface area contributed by atoms with E-state index in [9.17, 15) is 4.79 Å². The molecule has 8 nitrogen and oxygen atoms in total. The highest BCUT2D eigenvalue weighted by Crippen LogP contribution is 2.28. The SMILES string of the molecule is COc1ccc(NC(=O)CC(c2ccccc2)n2cccc2)cc1C1NNNN1. The minimum atomic E-state index is -0.196. The molecule has 1 saturated heterocycles. The van der Waals surface area contributed by atoms with E-state index in [2.05, 4.69) is 31.8 Å². The molecule has 1 unspecified atom stereocenters. The zero-order valence-electron chi connectivity index (χ0n) is 16.1. The molecule has 150 valence electrons. The van der Waals surface area contributed by atoms with Gasteiger partial charge in [0, 0.05) is 23.6 Å². The summed E-state index contributed by atoms with van der Waals surface area (Å²) in [5.74, 6) is 0.653. The van der Waals surface area contributed by atoms with Crippen LogP contribution in [0.4, 0.5) is 5.69 Å². The molecule has 1 atom stereocenters. The molecular formula is C21H24N6O2. The molecule has 4 rings (SSSR count). The maximum absolute atomic E-state index is 12.9. The Hall–Kier alpha value is -3.17. The number of rotatable bonds is 7. The van der Waals surface area contributed by atoms with Gasteiger partial charge in [0.1, 0.15) is 11.9 Å². The van der Waals surface area contributed by atoms with E-state index in [0.717, 1.165) is 11.1 Å². The first kappa shape index (κ1) is 19.2. The predicted octanol–water partition coefficient (Wildman–Crippen LogP) is 2.23.